The Labute approximate surface area is 88.7 Å². The zero-order chi connectivity index (χ0) is 11.5. The van der Waals surface area contributed by atoms with Crippen molar-refractivity contribution in [2.24, 2.45) is 5.73 Å². The lowest BCUT2D eigenvalue weighted by Crippen LogP contribution is -2.35. The number of ether oxygens (including phenoxy) is 1. The first-order valence-corrected chi connectivity index (χ1v) is 4.72. The number of halogens is 1. The van der Waals surface area contributed by atoms with E-state index >= 15 is 0 Å². The molecule has 0 fully saturated rings. The summed E-state index contributed by atoms with van der Waals surface area (Å²) in [6.45, 7) is 1.97. The van der Waals surface area contributed by atoms with E-state index in [0.717, 1.165) is 5.56 Å². The van der Waals surface area contributed by atoms with Gasteiger partial charge in [-0.1, -0.05) is 13.0 Å². The number of aliphatic hydroxyl groups is 1. The zero-order valence-electron chi connectivity index (χ0n) is 8.96. The van der Waals surface area contributed by atoms with Crippen molar-refractivity contribution >= 4 is 0 Å². The van der Waals surface area contributed by atoms with Crippen molar-refractivity contribution in [2.45, 2.75) is 12.3 Å². The summed E-state index contributed by atoms with van der Waals surface area (Å²) in [5, 5.41) is 9.30. The highest BCUT2D eigenvalue weighted by molar-refractivity contribution is 5.40. The molecule has 0 radical (unpaired) electrons. The van der Waals surface area contributed by atoms with E-state index in [9.17, 15) is 9.50 Å². The number of rotatable bonds is 4. The molecule has 0 bridgehead atoms. The van der Waals surface area contributed by atoms with Crippen LogP contribution in [0.25, 0.3) is 0 Å². The molecule has 0 aliphatic heterocycles. The quantitative estimate of drug-likeness (QED) is 0.785. The van der Waals surface area contributed by atoms with Gasteiger partial charge < -0.3 is 15.6 Å². The predicted octanol–water partition coefficient (Wildman–Crippen LogP) is 1.04. The first kappa shape index (κ1) is 11.9. The number of hydrogen-bond acceptors (Lipinski definition) is 3. The Balaban J connectivity index is 3.23. The molecule has 0 aromatic heterocycles. The maximum atomic E-state index is 13.0. The molecule has 15 heavy (non-hydrogen) atoms. The lowest BCUT2D eigenvalue weighted by atomic mass is 9.83. The Hall–Kier alpha value is -1.13. The molecule has 84 valence electrons. The van der Waals surface area contributed by atoms with Crippen molar-refractivity contribution in [3.8, 4) is 5.75 Å². The largest absolute Gasteiger partial charge is 0.496 e. The number of methoxy groups -OCH3 is 1. The fourth-order valence-corrected chi connectivity index (χ4v) is 1.42. The normalized spacial score (nSPS) is 14.7. The molecular weight excluding hydrogens is 197 g/mol. The summed E-state index contributed by atoms with van der Waals surface area (Å²) in [6, 6.07) is 4.22. The van der Waals surface area contributed by atoms with Crippen molar-refractivity contribution in [3.63, 3.8) is 0 Å². The van der Waals surface area contributed by atoms with Crippen LogP contribution in [0.2, 0.25) is 0 Å². The van der Waals surface area contributed by atoms with Crippen LogP contribution >= 0.6 is 0 Å². The summed E-state index contributed by atoms with van der Waals surface area (Å²) >= 11 is 0. The highest BCUT2D eigenvalue weighted by Gasteiger charge is 2.27. The van der Waals surface area contributed by atoms with Gasteiger partial charge in [0.1, 0.15) is 11.6 Å². The zero-order valence-corrected chi connectivity index (χ0v) is 8.96. The van der Waals surface area contributed by atoms with E-state index in [1.807, 2.05) is 6.92 Å². The van der Waals surface area contributed by atoms with Crippen molar-refractivity contribution in [2.75, 3.05) is 20.3 Å². The van der Waals surface area contributed by atoms with Crippen LogP contribution in [0.1, 0.15) is 12.5 Å². The minimum atomic E-state index is -0.598. The van der Waals surface area contributed by atoms with Gasteiger partial charge in [-0.3, -0.25) is 0 Å². The third-order valence-electron chi connectivity index (χ3n) is 2.61. The fourth-order valence-electron chi connectivity index (χ4n) is 1.42. The molecule has 3 nitrogen and oxygen atoms in total. The van der Waals surface area contributed by atoms with E-state index in [0.29, 0.717) is 5.75 Å². The average Bonchev–Trinajstić information content (AvgIpc) is 2.27. The van der Waals surface area contributed by atoms with Gasteiger partial charge in [-0.05, 0) is 6.07 Å². The first-order chi connectivity index (χ1) is 7.07. The van der Waals surface area contributed by atoms with Crippen molar-refractivity contribution in [1.82, 2.24) is 0 Å². The Morgan fingerprint density at radius 2 is 2.20 bits per heavy atom. The summed E-state index contributed by atoms with van der Waals surface area (Å²) in [7, 11) is 1.46. The van der Waals surface area contributed by atoms with Gasteiger partial charge in [0.2, 0.25) is 0 Å². The molecule has 1 aromatic carbocycles. The lowest BCUT2D eigenvalue weighted by Gasteiger charge is -2.27. The molecule has 1 aromatic rings. The van der Waals surface area contributed by atoms with E-state index in [4.69, 9.17) is 10.5 Å². The number of hydrogen-bond donors (Lipinski definition) is 2. The topological polar surface area (TPSA) is 55.5 Å². The Morgan fingerprint density at radius 1 is 1.53 bits per heavy atom. The summed E-state index contributed by atoms with van der Waals surface area (Å²) in [5.41, 5.74) is 5.72. The van der Waals surface area contributed by atoms with E-state index in [-0.39, 0.29) is 19.0 Å². The van der Waals surface area contributed by atoms with Crippen molar-refractivity contribution in [3.05, 3.63) is 29.6 Å². The van der Waals surface area contributed by atoms with Gasteiger partial charge in [-0.15, -0.1) is 0 Å². The molecule has 0 amide bonds. The lowest BCUT2D eigenvalue weighted by molar-refractivity contribution is 0.206. The van der Waals surface area contributed by atoms with E-state index < -0.39 is 5.41 Å². The van der Waals surface area contributed by atoms with E-state index in [1.165, 1.54) is 19.2 Å². The minimum absolute atomic E-state index is 0.106. The van der Waals surface area contributed by atoms with Gasteiger partial charge in [-0.25, -0.2) is 4.39 Å². The van der Waals surface area contributed by atoms with Gasteiger partial charge in [-0.2, -0.15) is 0 Å². The highest BCUT2D eigenvalue weighted by atomic mass is 19.1. The molecule has 0 saturated heterocycles. The molecule has 0 heterocycles. The monoisotopic (exact) mass is 213 g/mol. The van der Waals surface area contributed by atoms with Crippen LogP contribution in [0.4, 0.5) is 4.39 Å². The van der Waals surface area contributed by atoms with Crippen LogP contribution in [0, 0.1) is 5.82 Å². The molecule has 1 unspecified atom stereocenters. The van der Waals surface area contributed by atoms with Gasteiger partial charge in [0.05, 0.1) is 13.7 Å². The number of nitrogens with two attached hydrogens (primary N) is 1. The smallest absolute Gasteiger partial charge is 0.126 e. The highest BCUT2D eigenvalue weighted by Crippen LogP contribution is 2.31. The third kappa shape index (κ3) is 2.27. The maximum Gasteiger partial charge on any atom is 0.126 e. The molecule has 0 spiro atoms. The summed E-state index contributed by atoms with van der Waals surface area (Å²) in [4.78, 5) is 0. The summed E-state index contributed by atoms with van der Waals surface area (Å²) in [6.07, 6.45) is 0. The van der Waals surface area contributed by atoms with Crippen molar-refractivity contribution in [1.29, 1.82) is 0 Å². The summed E-state index contributed by atoms with van der Waals surface area (Å²) in [5.74, 6) is 0.0462. The standard InChI is InChI=1S/C11H16FNO2/c1-11(6-13,7-14)9-4-3-8(12)5-10(9)15-2/h3-5,14H,6-7,13H2,1-2H3. The number of benzene rings is 1. The minimum Gasteiger partial charge on any atom is -0.496 e. The van der Waals surface area contributed by atoms with E-state index in [2.05, 4.69) is 0 Å². The fraction of sp³-hybridized carbons (Fsp3) is 0.455. The second-order valence-corrected chi connectivity index (χ2v) is 3.77. The van der Waals surface area contributed by atoms with E-state index in [1.54, 1.807) is 6.07 Å². The van der Waals surface area contributed by atoms with Crippen LogP contribution in [0.5, 0.6) is 5.75 Å². The maximum absolute atomic E-state index is 13.0. The van der Waals surface area contributed by atoms with Crippen LogP contribution < -0.4 is 10.5 Å². The molecule has 0 saturated carbocycles. The summed E-state index contributed by atoms with van der Waals surface area (Å²) < 4.78 is 18.0. The molecule has 4 heteroatoms. The molecule has 0 aliphatic carbocycles. The third-order valence-corrected chi connectivity index (χ3v) is 2.61. The second-order valence-electron chi connectivity index (χ2n) is 3.77. The second kappa shape index (κ2) is 4.59. The molecular formula is C11H16FNO2. The van der Waals surface area contributed by atoms with Gasteiger partial charge in [0, 0.05) is 23.6 Å². The van der Waals surface area contributed by atoms with Crippen LogP contribution in [-0.4, -0.2) is 25.4 Å². The first-order valence-electron chi connectivity index (χ1n) is 4.72. The Bertz CT molecular complexity index is 337. The SMILES string of the molecule is COc1cc(F)ccc1C(C)(CN)CO. The predicted molar refractivity (Wildman–Crippen MR) is 56.4 cm³/mol. The Kier molecular flexibility index (Phi) is 3.66. The molecule has 0 aliphatic rings. The van der Waals surface area contributed by atoms with Crippen LogP contribution in [-0.2, 0) is 5.41 Å². The Morgan fingerprint density at radius 3 is 2.67 bits per heavy atom. The van der Waals surface area contributed by atoms with Gasteiger partial charge in [0.25, 0.3) is 0 Å². The molecule has 3 N–H and O–H groups in total. The molecule has 1 atom stereocenters. The van der Waals surface area contributed by atoms with Gasteiger partial charge in [0.15, 0.2) is 0 Å². The van der Waals surface area contributed by atoms with Crippen LogP contribution in [0.3, 0.4) is 0 Å². The number of aliphatic hydroxyl groups excluding tert-OH is 1. The molecule has 1 rings (SSSR count). The van der Waals surface area contributed by atoms with Gasteiger partial charge >= 0.3 is 0 Å². The average molecular weight is 213 g/mol. The van der Waals surface area contributed by atoms with Crippen LogP contribution in [0.15, 0.2) is 18.2 Å². The van der Waals surface area contributed by atoms with Crippen molar-refractivity contribution < 1.29 is 14.2 Å².